The fourth-order valence-electron chi connectivity index (χ4n) is 6.17. The summed E-state index contributed by atoms with van der Waals surface area (Å²) in [7, 11) is 1.38. The smallest absolute Gasteiger partial charge is 0.326 e. The number of ether oxygens (including phenoxy) is 1. The number of aldehydes is 1. The average Bonchev–Trinajstić information content (AvgIpc) is 3.95. The summed E-state index contributed by atoms with van der Waals surface area (Å²) in [5.41, 5.74) is 11.3. The maximum absolute atomic E-state index is 12.2. The van der Waals surface area contributed by atoms with E-state index in [0.717, 1.165) is 81.8 Å². The van der Waals surface area contributed by atoms with Gasteiger partial charge in [0.05, 0.1) is 19.2 Å². The molecule has 5 rings (SSSR count). The normalized spacial score (nSPS) is 22.7. The number of carboxylic acid groups (broad SMARTS) is 1. The molecule has 1 aliphatic heterocycles. The molecule has 14 heteroatoms. The predicted octanol–water partition coefficient (Wildman–Crippen LogP) is 3.11. The average molecular weight is 691 g/mol. The van der Waals surface area contributed by atoms with Crippen LogP contribution in [0.15, 0.2) is 0 Å². The number of esters is 1. The van der Waals surface area contributed by atoms with Gasteiger partial charge >= 0.3 is 29.8 Å². The molecule has 0 spiro atoms. The van der Waals surface area contributed by atoms with Crippen molar-refractivity contribution in [2.75, 3.05) is 26.7 Å². The number of amides is 4. The highest BCUT2D eigenvalue weighted by molar-refractivity contribution is 6.38. The number of urea groups is 1. The van der Waals surface area contributed by atoms with Crippen molar-refractivity contribution in [3.05, 3.63) is 0 Å². The molecule has 1 heterocycles. The van der Waals surface area contributed by atoms with E-state index in [1.807, 2.05) is 6.92 Å². The van der Waals surface area contributed by atoms with Crippen molar-refractivity contribution < 1.29 is 38.6 Å². The Morgan fingerprint density at radius 1 is 0.878 bits per heavy atom. The van der Waals surface area contributed by atoms with Crippen molar-refractivity contribution in [3.8, 4) is 6.07 Å². The minimum absolute atomic E-state index is 0.0765. The van der Waals surface area contributed by atoms with Crippen LogP contribution in [-0.4, -0.2) is 95.8 Å². The second-order valence-electron chi connectivity index (χ2n) is 14.2. The molecule has 6 N–H and O–H groups in total. The molecule has 5 fully saturated rings. The number of nitrogens with two attached hydrogens (primary N) is 2. The van der Waals surface area contributed by atoms with Gasteiger partial charge in [-0.05, 0) is 94.8 Å². The molecule has 14 nitrogen and oxygen atoms in total. The van der Waals surface area contributed by atoms with E-state index in [1.165, 1.54) is 12.0 Å². The number of carbonyl (C=O) groups excluding carboxylic acids is 5. The van der Waals surface area contributed by atoms with Crippen molar-refractivity contribution in [1.29, 1.82) is 5.26 Å². The highest BCUT2D eigenvalue weighted by atomic mass is 16.5. The van der Waals surface area contributed by atoms with Crippen molar-refractivity contribution in [1.82, 2.24) is 15.1 Å². The van der Waals surface area contributed by atoms with E-state index in [4.69, 9.17) is 16.7 Å². The van der Waals surface area contributed by atoms with Gasteiger partial charge in [0.2, 0.25) is 0 Å². The van der Waals surface area contributed by atoms with Crippen LogP contribution in [0.25, 0.3) is 0 Å². The highest BCUT2D eigenvalue weighted by Gasteiger charge is 2.53. The van der Waals surface area contributed by atoms with Crippen molar-refractivity contribution in [2.45, 2.75) is 130 Å². The van der Waals surface area contributed by atoms with Gasteiger partial charge in [-0.3, -0.25) is 19.3 Å². The van der Waals surface area contributed by atoms with E-state index in [1.54, 1.807) is 6.92 Å². The quantitative estimate of drug-likeness (QED) is 0.132. The Hall–Kier alpha value is -3.57. The van der Waals surface area contributed by atoms with Crippen LogP contribution in [0.2, 0.25) is 0 Å². The number of nitrogens with zero attached hydrogens (tertiary/aromatic N) is 3. The van der Waals surface area contributed by atoms with Crippen molar-refractivity contribution >= 4 is 36.1 Å². The zero-order chi connectivity index (χ0) is 37.2. The topological polar surface area (TPSA) is 226 Å². The largest absolute Gasteiger partial charge is 0.480 e. The lowest BCUT2D eigenvalue weighted by Crippen LogP contribution is -2.60. The first kappa shape index (κ1) is 41.6. The number of imide groups is 1. The predicted molar refractivity (Wildman–Crippen MR) is 181 cm³/mol. The Balaban J connectivity index is 0.000000255. The van der Waals surface area contributed by atoms with E-state index in [2.05, 4.69) is 36.9 Å². The third kappa shape index (κ3) is 10.2. The van der Waals surface area contributed by atoms with Crippen LogP contribution >= 0.6 is 0 Å². The van der Waals surface area contributed by atoms with Crippen molar-refractivity contribution in [2.24, 2.45) is 33.1 Å². The summed E-state index contributed by atoms with van der Waals surface area (Å²) in [5, 5.41) is 20.2. The lowest BCUT2D eigenvalue weighted by molar-refractivity contribution is -0.153. The molecule has 276 valence electrons. The summed E-state index contributed by atoms with van der Waals surface area (Å²) in [5.74, 6) is -3.02. The number of aliphatic carboxylic acids is 1. The Morgan fingerprint density at radius 2 is 1.39 bits per heavy atom. The minimum atomic E-state index is -1.11. The van der Waals surface area contributed by atoms with Crippen LogP contribution in [0.1, 0.15) is 112 Å². The molecule has 0 bridgehead atoms. The SMILES string of the molecule is CCC1(C(N)C#N)CC1.CCC1(C(N)C(=O)OC)CC1.CCC1(C=O)CC1.CCN1CCN(C(=O)NC(C(=O)O)C2(CC)CC2)C(=O)C1=O. The number of methoxy groups -OCH3 is 1. The fourth-order valence-corrected chi connectivity index (χ4v) is 6.17. The fraction of sp³-hybridized carbons (Fsp3) is 0.800. The van der Waals surface area contributed by atoms with Gasteiger partial charge in [0, 0.05) is 30.5 Å². The van der Waals surface area contributed by atoms with Gasteiger partial charge in [-0.25, -0.2) is 9.59 Å². The number of hydrogen-bond acceptors (Lipinski definition) is 10. The molecule has 0 radical (unpaired) electrons. The molecule has 4 amide bonds. The second kappa shape index (κ2) is 17.4. The maximum atomic E-state index is 12.2. The van der Waals surface area contributed by atoms with Gasteiger partial charge in [0.1, 0.15) is 18.4 Å². The van der Waals surface area contributed by atoms with Gasteiger partial charge < -0.3 is 36.3 Å². The van der Waals surface area contributed by atoms with E-state index in [0.29, 0.717) is 13.0 Å². The number of hydrogen-bond donors (Lipinski definition) is 4. The van der Waals surface area contributed by atoms with E-state index in [9.17, 15) is 33.9 Å². The molecule has 3 atom stereocenters. The molecule has 0 aromatic carbocycles. The summed E-state index contributed by atoms with van der Waals surface area (Å²) in [6.45, 7) is 10.6. The summed E-state index contributed by atoms with van der Waals surface area (Å²) >= 11 is 0. The molecule has 0 aromatic rings. The van der Waals surface area contributed by atoms with Crippen LogP contribution in [0.3, 0.4) is 0 Å². The first-order valence-corrected chi connectivity index (χ1v) is 17.7. The lowest BCUT2D eigenvalue weighted by Gasteiger charge is -2.33. The molecule has 49 heavy (non-hydrogen) atoms. The Kier molecular flexibility index (Phi) is 14.8. The minimum Gasteiger partial charge on any atom is -0.480 e. The number of nitriles is 1. The lowest BCUT2D eigenvalue weighted by atomic mass is 9.93. The third-order valence-corrected chi connectivity index (χ3v) is 11.6. The summed E-state index contributed by atoms with van der Waals surface area (Å²) in [6, 6.07) is -0.363. The summed E-state index contributed by atoms with van der Waals surface area (Å²) < 4.78 is 4.58. The number of carboxylic acids is 1. The monoisotopic (exact) mass is 690 g/mol. The zero-order valence-electron chi connectivity index (χ0n) is 30.2. The van der Waals surface area contributed by atoms with E-state index in [-0.39, 0.29) is 41.3 Å². The molecule has 4 aliphatic carbocycles. The number of likely N-dealkylation sites (N-methyl/N-ethyl adjacent to an activating group) is 1. The van der Waals surface area contributed by atoms with Crippen LogP contribution in [-0.2, 0) is 28.7 Å². The van der Waals surface area contributed by atoms with Gasteiger partial charge in [0.25, 0.3) is 0 Å². The van der Waals surface area contributed by atoms with Crippen LogP contribution in [0.5, 0.6) is 0 Å². The number of rotatable bonds is 12. The van der Waals surface area contributed by atoms with Crippen LogP contribution in [0, 0.1) is 33.0 Å². The Morgan fingerprint density at radius 3 is 1.67 bits per heavy atom. The molecular formula is C35H58N6O8. The molecule has 0 aromatic heterocycles. The molecule has 5 aliphatic rings. The number of carbonyl (C=O) groups is 6. The Bertz CT molecular complexity index is 1250. The number of piperazine rings is 1. The summed E-state index contributed by atoms with van der Waals surface area (Å²) in [6.07, 6.45) is 13.0. The van der Waals surface area contributed by atoms with Gasteiger partial charge in [-0.15, -0.1) is 0 Å². The summed E-state index contributed by atoms with van der Waals surface area (Å²) in [4.78, 5) is 70.7. The maximum Gasteiger partial charge on any atom is 0.326 e. The second-order valence-corrected chi connectivity index (χ2v) is 14.2. The van der Waals surface area contributed by atoms with Crippen LogP contribution < -0.4 is 16.8 Å². The Labute approximate surface area is 290 Å². The molecule has 1 saturated heterocycles. The first-order chi connectivity index (χ1) is 23.1. The van der Waals surface area contributed by atoms with E-state index < -0.39 is 41.3 Å². The van der Waals surface area contributed by atoms with Crippen LogP contribution in [0.4, 0.5) is 4.79 Å². The molecule has 4 saturated carbocycles. The van der Waals surface area contributed by atoms with Gasteiger partial charge in [0.15, 0.2) is 0 Å². The van der Waals surface area contributed by atoms with Crippen molar-refractivity contribution in [3.63, 3.8) is 0 Å². The highest BCUT2D eigenvalue weighted by Crippen LogP contribution is 2.52. The van der Waals surface area contributed by atoms with Gasteiger partial charge in [-0.2, -0.15) is 5.26 Å². The number of nitrogens with one attached hydrogen (secondary N) is 1. The third-order valence-electron chi connectivity index (χ3n) is 11.6. The first-order valence-electron chi connectivity index (χ1n) is 17.7. The standard InChI is InChI=1S/C14H21N3O5.C8H15NO2.C7H12N2.C6H10O/c1-3-14(5-6-14)9(12(20)21)15-13(22)17-8-7-16(4-2)10(18)11(17)19;1-3-8(4-5-8)6(9)7(10)11-2;1-2-7(3-4-7)6(9)5-8;1-2-6(5-7)3-4-6/h9H,3-8H2,1-2H3,(H,15,22)(H,20,21);6H,3-5,9H2,1-2H3;6H,2-4,9H2,1H3;5H,2-4H2,1H3. The molecular weight excluding hydrogens is 632 g/mol. The van der Waals surface area contributed by atoms with E-state index >= 15 is 0 Å². The van der Waals surface area contributed by atoms with Gasteiger partial charge in [-0.1, -0.05) is 27.7 Å². The molecule has 3 unspecified atom stereocenters. The zero-order valence-corrected chi connectivity index (χ0v) is 30.2.